The molecule has 1 heterocycles. The molecule has 2 atom stereocenters. The number of nitrogens with two attached hydrogens (primary N) is 1. The molecule has 0 aromatic carbocycles. The maximum absolute atomic E-state index is 5.85. The maximum Gasteiger partial charge on any atom is 0.0608 e. The Hall–Kier alpha value is -0.0800. The summed E-state index contributed by atoms with van der Waals surface area (Å²) in [6, 6.07) is 0. The van der Waals surface area contributed by atoms with Crippen LogP contribution in [0.1, 0.15) is 32.1 Å². The highest BCUT2D eigenvalue weighted by atomic mass is 16.5. The summed E-state index contributed by atoms with van der Waals surface area (Å²) in [6.07, 6.45) is 7.49. The number of rotatable bonds is 3. The van der Waals surface area contributed by atoms with Crippen molar-refractivity contribution in [2.45, 2.75) is 44.3 Å². The van der Waals surface area contributed by atoms with Crippen LogP contribution in [0.3, 0.4) is 0 Å². The van der Waals surface area contributed by atoms with Gasteiger partial charge in [-0.2, -0.15) is 0 Å². The molecule has 2 nitrogen and oxygen atoms in total. The molecule has 2 N–H and O–H groups in total. The molecule has 0 radical (unpaired) electrons. The first-order valence-electron chi connectivity index (χ1n) is 4.75. The molecular formula is C9H17NO. The zero-order valence-electron chi connectivity index (χ0n) is 6.96. The lowest BCUT2D eigenvalue weighted by Gasteiger charge is -2.11. The fourth-order valence-electron chi connectivity index (χ4n) is 1.95. The molecule has 2 aliphatic rings. The molecule has 64 valence electrons. The van der Waals surface area contributed by atoms with Crippen LogP contribution in [0.5, 0.6) is 0 Å². The Morgan fingerprint density at radius 1 is 1.18 bits per heavy atom. The van der Waals surface area contributed by atoms with Crippen molar-refractivity contribution in [2.75, 3.05) is 6.54 Å². The maximum atomic E-state index is 5.85. The summed E-state index contributed by atoms with van der Waals surface area (Å²) in [5.74, 6) is 0.915. The second-order valence-corrected chi connectivity index (χ2v) is 3.79. The van der Waals surface area contributed by atoms with Gasteiger partial charge < -0.3 is 10.5 Å². The van der Waals surface area contributed by atoms with Gasteiger partial charge in [0.05, 0.1) is 12.2 Å². The van der Waals surface area contributed by atoms with Crippen LogP contribution < -0.4 is 5.73 Å². The van der Waals surface area contributed by atoms with Crippen LogP contribution >= 0.6 is 0 Å². The monoisotopic (exact) mass is 155 g/mol. The SMILES string of the molecule is NCCC1CCC(C2CC2)O1. The van der Waals surface area contributed by atoms with Crippen molar-refractivity contribution in [1.82, 2.24) is 0 Å². The zero-order valence-corrected chi connectivity index (χ0v) is 6.96. The van der Waals surface area contributed by atoms with Crippen molar-refractivity contribution in [1.29, 1.82) is 0 Å². The largest absolute Gasteiger partial charge is 0.375 e. The van der Waals surface area contributed by atoms with Crippen molar-refractivity contribution >= 4 is 0 Å². The van der Waals surface area contributed by atoms with Crippen LogP contribution in [0.15, 0.2) is 0 Å². The van der Waals surface area contributed by atoms with Gasteiger partial charge in [0.1, 0.15) is 0 Å². The molecule has 0 bridgehead atoms. The van der Waals surface area contributed by atoms with Crippen LogP contribution in [0.2, 0.25) is 0 Å². The highest BCUT2D eigenvalue weighted by molar-refractivity contribution is 4.87. The van der Waals surface area contributed by atoms with Crippen molar-refractivity contribution in [3.8, 4) is 0 Å². The minimum atomic E-state index is 0.491. The van der Waals surface area contributed by atoms with Crippen LogP contribution in [0.4, 0.5) is 0 Å². The summed E-state index contributed by atoms with van der Waals surface area (Å²) in [4.78, 5) is 0. The first-order valence-corrected chi connectivity index (χ1v) is 4.75. The van der Waals surface area contributed by atoms with Crippen LogP contribution in [0, 0.1) is 5.92 Å². The van der Waals surface area contributed by atoms with Gasteiger partial charge in [0.25, 0.3) is 0 Å². The molecule has 0 aromatic rings. The van der Waals surface area contributed by atoms with Gasteiger partial charge in [-0.15, -0.1) is 0 Å². The molecule has 0 spiro atoms. The molecule has 2 heteroatoms. The third kappa shape index (κ3) is 1.74. The fourth-order valence-corrected chi connectivity index (χ4v) is 1.95. The topological polar surface area (TPSA) is 35.2 Å². The Bertz CT molecular complexity index is 134. The van der Waals surface area contributed by atoms with E-state index in [0.29, 0.717) is 12.2 Å². The highest BCUT2D eigenvalue weighted by Gasteiger charge is 2.37. The van der Waals surface area contributed by atoms with Gasteiger partial charge in [-0.25, -0.2) is 0 Å². The van der Waals surface area contributed by atoms with E-state index in [1.54, 1.807) is 0 Å². The van der Waals surface area contributed by atoms with Gasteiger partial charge in [-0.3, -0.25) is 0 Å². The van der Waals surface area contributed by atoms with E-state index in [1.807, 2.05) is 0 Å². The molecule has 2 rings (SSSR count). The normalized spacial score (nSPS) is 37.9. The quantitative estimate of drug-likeness (QED) is 0.666. The van der Waals surface area contributed by atoms with Gasteiger partial charge in [-0.05, 0) is 44.6 Å². The Kier molecular flexibility index (Phi) is 2.14. The molecular weight excluding hydrogens is 138 g/mol. The lowest BCUT2D eigenvalue weighted by molar-refractivity contribution is 0.0301. The molecule has 2 fully saturated rings. The number of hydrogen-bond donors (Lipinski definition) is 1. The summed E-state index contributed by atoms with van der Waals surface area (Å²) in [7, 11) is 0. The van der Waals surface area contributed by atoms with E-state index in [9.17, 15) is 0 Å². The second kappa shape index (κ2) is 3.11. The van der Waals surface area contributed by atoms with Crippen LogP contribution in [-0.2, 0) is 4.74 Å². The van der Waals surface area contributed by atoms with E-state index in [2.05, 4.69) is 0 Å². The summed E-state index contributed by atoms with van der Waals surface area (Å²) in [6.45, 7) is 0.780. The van der Waals surface area contributed by atoms with Gasteiger partial charge >= 0.3 is 0 Å². The van der Waals surface area contributed by atoms with E-state index in [-0.39, 0.29) is 0 Å². The van der Waals surface area contributed by atoms with E-state index >= 15 is 0 Å². The Morgan fingerprint density at radius 3 is 2.64 bits per heavy atom. The average molecular weight is 155 g/mol. The molecule has 1 saturated carbocycles. The lowest BCUT2D eigenvalue weighted by Crippen LogP contribution is -2.16. The van der Waals surface area contributed by atoms with E-state index in [1.165, 1.54) is 25.7 Å². The fraction of sp³-hybridized carbons (Fsp3) is 1.00. The smallest absolute Gasteiger partial charge is 0.0608 e. The first kappa shape index (κ1) is 7.56. The molecule has 1 aliphatic carbocycles. The summed E-state index contributed by atoms with van der Waals surface area (Å²) in [5, 5.41) is 0. The molecule has 0 amide bonds. The standard InChI is InChI=1S/C9H17NO/c10-6-5-8-3-4-9(11-8)7-1-2-7/h7-9H,1-6,10H2. The minimum absolute atomic E-state index is 0.491. The van der Waals surface area contributed by atoms with Crippen molar-refractivity contribution < 1.29 is 4.74 Å². The van der Waals surface area contributed by atoms with Crippen LogP contribution in [0.25, 0.3) is 0 Å². The predicted octanol–water partition coefficient (Wildman–Crippen LogP) is 1.29. The summed E-state index contributed by atoms with van der Waals surface area (Å²) in [5.41, 5.74) is 5.47. The zero-order chi connectivity index (χ0) is 7.68. The van der Waals surface area contributed by atoms with Gasteiger partial charge in [0.15, 0.2) is 0 Å². The Balaban J connectivity index is 1.74. The van der Waals surface area contributed by atoms with E-state index < -0.39 is 0 Å². The second-order valence-electron chi connectivity index (χ2n) is 3.79. The molecule has 1 aliphatic heterocycles. The molecule has 2 unspecified atom stereocenters. The Morgan fingerprint density at radius 2 is 2.00 bits per heavy atom. The number of ether oxygens (including phenoxy) is 1. The molecule has 0 aromatic heterocycles. The first-order chi connectivity index (χ1) is 5.40. The van der Waals surface area contributed by atoms with Gasteiger partial charge in [0.2, 0.25) is 0 Å². The molecule has 1 saturated heterocycles. The van der Waals surface area contributed by atoms with Gasteiger partial charge in [-0.1, -0.05) is 0 Å². The summed E-state index contributed by atoms with van der Waals surface area (Å²) < 4.78 is 5.85. The predicted molar refractivity (Wildman–Crippen MR) is 44.3 cm³/mol. The van der Waals surface area contributed by atoms with E-state index in [0.717, 1.165) is 18.9 Å². The number of hydrogen-bond acceptors (Lipinski definition) is 2. The van der Waals surface area contributed by atoms with Crippen molar-refractivity contribution in [3.63, 3.8) is 0 Å². The Labute approximate surface area is 68.1 Å². The minimum Gasteiger partial charge on any atom is -0.375 e. The van der Waals surface area contributed by atoms with Crippen molar-refractivity contribution in [2.24, 2.45) is 11.7 Å². The van der Waals surface area contributed by atoms with Crippen LogP contribution in [-0.4, -0.2) is 18.8 Å². The average Bonchev–Trinajstić information content (AvgIpc) is 2.75. The third-order valence-corrected chi connectivity index (χ3v) is 2.78. The van der Waals surface area contributed by atoms with E-state index in [4.69, 9.17) is 10.5 Å². The van der Waals surface area contributed by atoms with Gasteiger partial charge in [0, 0.05) is 0 Å². The summed E-state index contributed by atoms with van der Waals surface area (Å²) >= 11 is 0. The molecule has 11 heavy (non-hydrogen) atoms. The third-order valence-electron chi connectivity index (χ3n) is 2.78. The lowest BCUT2D eigenvalue weighted by atomic mass is 10.1. The van der Waals surface area contributed by atoms with Crippen molar-refractivity contribution in [3.05, 3.63) is 0 Å². The highest BCUT2D eigenvalue weighted by Crippen LogP contribution is 2.40.